The average molecular weight is 357 g/mol. The molecule has 0 aliphatic heterocycles. The van der Waals surface area contributed by atoms with E-state index in [9.17, 15) is 9.50 Å². The summed E-state index contributed by atoms with van der Waals surface area (Å²) >= 11 is 5.91. The van der Waals surface area contributed by atoms with Crippen LogP contribution in [0.15, 0.2) is 78.9 Å². The quantitative estimate of drug-likeness (QED) is 0.697. The van der Waals surface area contributed by atoms with Crippen molar-refractivity contribution in [2.45, 2.75) is 12.1 Å². The van der Waals surface area contributed by atoms with Crippen LogP contribution in [0.25, 0.3) is 0 Å². The monoisotopic (exact) mass is 356 g/mol. The van der Waals surface area contributed by atoms with Crippen LogP contribution in [0.4, 0.5) is 4.39 Å². The molecule has 3 N–H and O–H groups in total. The Hall–Kier alpha value is -2.20. The van der Waals surface area contributed by atoms with Crippen molar-refractivity contribution in [2.75, 3.05) is 6.54 Å². The second-order valence-electron chi connectivity index (χ2n) is 6.06. The van der Waals surface area contributed by atoms with Crippen LogP contribution in [0.5, 0.6) is 0 Å². The van der Waals surface area contributed by atoms with Gasteiger partial charge < -0.3 is 10.4 Å². The lowest BCUT2D eigenvalue weighted by Gasteiger charge is -2.27. The summed E-state index contributed by atoms with van der Waals surface area (Å²) in [6.07, 6.45) is 0. The zero-order valence-corrected chi connectivity index (χ0v) is 14.5. The third-order valence-corrected chi connectivity index (χ3v) is 4.56. The van der Waals surface area contributed by atoms with Crippen LogP contribution in [0.3, 0.4) is 0 Å². The molecular weight excluding hydrogens is 337 g/mol. The molecule has 2 nitrogen and oxygen atoms in total. The van der Waals surface area contributed by atoms with E-state index in [2.05, 4.69) is 0 Å². The Labute approximate surface area is 151 Å². The van der Waals surface area contributed by atoms with E-state index in [0.717, 1.165) is 11.1 Å². The van der Waals surface area contributed by atoms with E-state index < -0.39 is 5.60 Å². The standard InChI is InChI=1S/C21H19ClFNO/c22-19-10-6-16(7-11-19)14-24-15-21(25,17-4-2-1-3-5-17)18-8-12-20(23)13-9-18/h1-13,24-25H,14-15H2/p+1/t21-/m1/s1. The van der Waals surface area contributed by atoms with Gasteiger partial charge in [-0.1, -0.05) is 66.2 Å². The van der Waals surface area contributed by atoms with Crippen LogP contribution in [0, 0.1) is 5.82 Å². The Balaban J connectivity index is 1.81. The summed E-state index contributed by atoms with van der Waals surface area (Å²) in [5.74, 6) is -0.315. The van der Waals surface area contributed by atoms with Gasteiger partial charge in [-0.3, -0.25) is 0 Å². The predicted octanol–water partition coefficient (Wildman–Crippen LogP) is 3.48. The summed E-state index contributed by atoms with van der Waals surface area (Å²) in [6.45, 7) is 1.14. The van der Waals surface area contributed by atoms with Gasteiger partial charge in [-0.25, -0.2) is 4.39 Å². The molecule has 0 heterocycles. The molecule has 0 amide bonds. The summed E-state index contributed by atoms with van der Waals surface area (Å²) in [7, 11) is 0. The zero-order valence-electron chi connectivity index (χ0n) is 13.7. The van der Waals surface area contributed by atoms with Crippen LogP contribution in [0.1, 0.15) is 16.7 Å². The maximum Gasteiger partial charge on any atom is 0.163 e. The van der Waals surface area contributed by atoms with Crippen molar-refractivity contribution in [3.8, 4) is 0 Å². The molecule has 0 spiro atoms. The van der Waals surface area contributed by atoms with Crippen molar-refractivity contribution in [3.05, 3.63) is 106 Å². The molecule has 4 heteroatoms. The van der Waals surface area contributed by atoms with E-state index in [1.165, 1.54) is 12.1 Å². The lowest BCUT2D eigenvalue weighted by Crippen LogP contribution is -2.86. The summed E-state index contributed by atoms with van der Waals surface area (Å²) in [6, 6.07) is 23.2. The molecule has 0 saturated heterocycles. The van der Waals surface area contributed by atoms with Crippen molar-refractivity contribution >= 4 is 11.6 Å². The van der Waals surface area contributed by atoms with Gasteiger partial charge in [-0.05, 0) is 35.4 Å². The maximum atomic E-state index is 13.3. The molecule has 0 aromatic heterocycles. The van der Waals surface area contributed by atoms with Gasteiger partial charge in [-0.15, -0.1) is 0 Å². The minimum Gasteiger partial charge on any atom is -0.375 e. The van der Waals surface area contributed by atoms with E-state index in [-0.39, 0.29) is 5.82 Å². The van der Waals surface area contributed by atoms with Crippen LogP contribution < -0.4 is 5.32 Å². The Morgan fingerprint density at radius 3 is 2.08 bits per heavy atom. The zero-order chi connectivity index (χ0) is 17.7. The SMILES string of the molecule is O[C@](C[NH2+]Cc1ccc(Cl)cc1)(c1ccccc1)c1ccc(F)cc1. The van der Waals surface area contributed by atoms with Gasteiger partial charge in [0.05, 0.1) is 0 Å². The summed E-state index contributed by atoms with van der Waals surface area (Å²) in [5.41, 5.74) is 1.39. The first-order chi connectivity index (χ1) is 12.1. The van der Waals surface area contributed by atoms with E-state index >= 15 is 0 Å². The molecule has 0 aliphatic rings. The van der Waals surface area contributed by atoms with Gasteiger partial charge in [0.2, 0.25) is 0 Å². The molecule has 0 radical (unpaired) electrons. The van der Waals surface area contributed by atoms with Gasteiger partial charge in [0.1, 0.15) is 18.9 Å². The maximum absolute atomic E-state index is 13.3. The van der Waals surface area contributed by atoms with Gasteiger partial charge in [0.25, 0.3) is 0 Å². The molecule has 1 atom stereocenters. The molecule has 0 saturated carbocycles. The van der Waals surface area contributed by atoms with Crippen LogP contribution in [-0.2, 0) is 12.1 Å². The fourth-order valence-corrected chi connectivity index (χ4v) is 3.04. The Kier molecular flexibility index (Phi) is 5.49. The van der Waals surface area contributed by atoms with Crippen molar-refractivity contribution in [2.24, 2.45) is 0 Å². The first-order valence-corrected chi connectivity index (χ1v) is 8.56. The van der Waals surface area contributed by atoms with Crippen molar-refractivity contribution in [1.29, 1.82) is 0 Å². The van der Waals surface area contributed by atoms with E-state index in [0.29, 0.717) is 23.7 Å². The lowest BCUT2D eigenvalue weighted by molar-refractivity contribution is -0.682. The number of rotatable bonds is 6. The molecule has 25 heavy (non-hydrogen) atoms. The second kappa shape index (κ2) is 7.79. The van der Waals surface area contributed by atoms with E-state index in [1.807, 2.05) is 59.9 Å². The summed E-state index contributed by atoms with van der Waals surface area (Å²) < 4.78 is 13.3. The molecular formula is C21H20ClFNO+. The molecule has 3 aromatic rings. The molecule has 0 bridgehead atoms. The first-order valence-electron chi connectivity index (χ1n) is 8.18. The minimum absolute atomic E-state index is 0.315. The van der Waals surface area contributed by atoms with Crippen molar-refractivity contribution < 1.29 is 14.8 Å². The van der Waals surface area contributed by atoms with Crippen LogP contribution in [-0.4, -0.2) is 11.7 Å². The fourth-order valence-electron chi connectivity index (χ4n) is 2.91. The number of hydrogen-bond donors (Lipinski definition) is 2. The smallest absolute Gasteiger partial charge is 0.163 e. The van der Waals surface area contributed by atoms with Gasteiger partial charge >= 0.3 is 0 Å². The predicted molar refractivity (Wildman–Crippen MR) is 97.8 cm³/mol. The Bertz CT molecular complexity index is 806. The normalized spacial score (nSPS) is 13.4. The molecule has 3 aromatic carbocycles. The number of benzene rings is 3. The van der Waals surface area contributed by atoms with Gasteiger partial charge in [-0.2, -0.15) is 0 Å². The topological polar surface area (TPSA) is 36.8 Å². The second-order valence-corrected chi connectivity index (χ2v) is 6.49. The van der Waals surface area contributed by atoms with Crippen molar-refractivity contribution in [3.63, 3.8) is 0 Å². The Morgan fingerprint density at radius 1 is 0.840 bits per heavy atom. The van der Waals surface area contributed by atoms with Crippen LogP contribution in [0.2, 0.25) is 5.02 Å². The molecule has 3 rings (SSSR count). The first kappa shape index (κ1) is 17.6. The lowest BCUT2D eigenvalue weighted by atomic mass is 9.86. The molecule has 128 valence electrons. The molecule has 0 aliphatic carbocycles. The number of halogens is 2. The summed E-state index contributed by atoms with van der Waals surface area (Å²) in [5, 5.41) is 14.1. The number of hydrogen-bond acceptors (Lipinski definition) is 1. The third kappa shape index (κ3) is 4.26. The highest BCUT2D eigenvalue weighted by Gasteiger charge is 2.33. The van der Waals surface area contributed by atoms with Crippen LogP contribution >= 0.6 is 11.6 Å². The third-order valence-electron chi connectivity index (χ3n) is 4.31. The average Bonchev–Trinajstić information content (AvgIpc) is 2.64. The van der Waals surface area contributed by atoms with E-state index in [1.54, 1.807) is 12.1 Å². The molecule has 0 fully saturated rings. The minimum atomic E-state index is -1.19. The largest absolute Gasteiger partial charge is 0.375 e. The highest BCUT2D eigenvalue weighted by atomic mass is 35.5. The fraction of sp³-hybridized carbons (Fsp3) is 0.143. The summed E-state index contributed by atoms with van der Waals surface area (Å²) in [4.78, 5) is 0. The highest BCUT2D eigenvalue weighted by molar-refractivity contribution is 6.30. The number of quaternary nitrogens is 1. The Morgan fingerprint density at radius 2 is 1.44 bits per heavy atom. The van der Waals surface area contributed by atoms with Gasteiger partial charge in [0, 0.05) is 10.6 Å². The van der Waals surface area contributed by atoms with E-state index in [4.69, 9.17) is 11.6 Å². The molecule has 0 unspecified atom stereocenters. The number of aliphatic hydroxyl groups is 1. The van der Waals surface area contributed by atoms with Gasteiger partial charge in [0.15, 0.2) is 5.60 Å². The van der Waals surface area contributed by atoms with Crippen molar-refractivity contribution in [1.82, 2.24) is 0 Å². The number of nitrogens with two attached hydrogens (primary N) is 1. The highest BCUT2D eigenvalue weighted by Crippen LogP contribution is 2.28.